The molecule has 7 heteroatoms. The third-order valence-electron chi connectivity index (χ3n) is 14.6. The number of fused-ring (bicyclic) bond motifs is 7. The topological polar surface area (TPSA) is 97.1 Å². The summed E-state index contributed by atoms with van der Waals surface area (Å²) in [6, 6.07) is 8.68. The quantitative estimate of drug-likeness (QED) is 0.330. The molecular weight excluding hydrogens is 620 g/mol. The van der Waals surface area contributed by atoms with E-state index in [1.54, 1.807) is 6.08 Å². The minimum Gasteiger partial charge on any atom is -0.504 e. The Labute approximate surface area is 298 Å². The lowest BCUT2D eigenvalue weighted by molar-refractivity contribution is -0.169. The first kappa shape index (κ1) is 34.7. The Balaban J connectivity index is 1.08. The van der Waals surface area contributed by atoms with Crippen LogP contribution >= 0.6 is 0 Å². The molecule has 0 bridgehead atoms. The van der Waals surface area contributed by atoms with E-state index in [0.29, 0.717) is 24.6 Å². The highest BCUT2D eigenvalue weighted by atomic mass is 16.3. The SMILES string of the molecule is CC1=C(O)C(=O)C=C2C1=CC=C1C2(C)CCC2(C)C3CC(C)(C(=O)NCc4cn(Cc5ccc(C(C)(C)C)cc5)nn4)CCC3(C)CCC12C. The molecule has 6 unspecified atom stereocenters. The standard InChI is InChI=1S/C43H56N4O3/c1-27-31-14-15-34-41(7,32(31)22-33(48)36(27)49)19-21-43(9)35-23-40(6,17-16-39(35,5)18-20-42(34,43)8)37(50)44-24-30-26-47(46-45-30)25-28-10-12-29(13-11-28)38(2,3)4/h10-15,22,26,35,49H,16-21,23-25H2,1-9H3,(H,44,50). The molecule has 3 saturated carbocycles. The van der Waals surface area contributed by atoms with Gasteiger partial charge in [-0.25, -0.2) is 4.68 Å². The van der Waals surface area contributed by atoms with Gasteiger partial charge < -0.3 is 10.4 Å². The van der Waals surface area contributed by atoms with Crippen LogP contribution in [-0.2, 0) is 28.1 Å². The van der Waals surface area contributed by atoms with Gasteiger partial charge in [0.2, 0.25) is 11.7 Å². The molecule has 1 aromatic carbocycles. The molecule has 2 aromatic rings. The molecule has 3 fully saturated rings. The molecule has 266 valence electrons. The maximum Gasteiger partial charge on any atom is 0.226 e. The highest BCUT2D eigenvalue weighted by Gasteiger charge is 2.67. The van der Waals surface area contributed by atoms with Gasteiger partial charge in [0, 0.05) is 16.4 Å². The Morgan fingerprint density at radius 2 is 1.68 bits per heavy atom. The number of amides is 1. The number of hydrogen-bond acceptors (Lipinski definition) is 5. The second-order valence-corrected chi connectivity index (χ2v) is 18.6. The number of ketones is 1. The van der Waals surface area contributed by atoms with Crippen molar-refractivity contribution in [1.82, 2.24) is 20.3 Å². The Hall–Kier alpha value is -3.74. The maximum atomic E-state index is 14.1. The summed E-state index contributed by atoms with van der Waals surface area (Å²) in [4.78, 5) is 26.9. The van der Waals surface area contributed by atoms with Crippen LogP contribution in [0.3, 0.4) is 0 Å². The van der Waals surface area contributed by atoms with E-state index in [9.17, 15) is 14.7 Å². The third kappa shape index (κ3) is 5.20. The number of rotatable bonds is 5. The lowest BCUT2D eigenvalue weighted by Gasteiger charge is -2.70. The van der Waals surface area contributed by atoms with E-state index < -0.39 is 5.41 Å². The Morgan fingerprint density at radius 1 is 0.980 bits per heavy atom. The molecule has 0 aliphatic heterocycles. The van der Waals surface area contributed by atoms with Crippen LogP contribution in [0.1, 0.15) is 124 Å². The van der Waals surface area contributed by atoms with Gasteiger partial charge in [-0.05, 0) is 108 Å². The smallest absolute Gasteiger partial charge is 0.226 e. The number of carbonyl (C=O) groups excluding carboxylic acids is 2. The van der Waals surface area contributed by atoms with Gasteiger partial charge in [0.05, 0.1) is 19.3 Å². The van der Waals surface area contributed by atoms with Gasteiger partial charge in [0.1, 0.15) is 5.69 Å². The molecule has 50 heavy (non-hydrogen) atoms. The molecule has 1 heterocycles. The van der Waals surface area contributed by atoms with Gasteiger partial charge in [0.15, 0.2) is 5.76 Å². The predicted octanol–water partition coefficient (Wildman–Crippen LogP) is 8.87. The van der Waals surface area contributed by atoms with Crippen LogP contribution in [0.4, 0.5) is 0 Å². The number of aliphatic hydroxyl groups excluding tert-OH is 1. The van der Waals surface area contributed by atoms with Crippen molar-refractivity contribution in [3.8, 4) is 0 Å². The first-order valence-electron chi connectivity index (χ1n) is 18.7. The van der Waals surface area contributed by atoms with Gasteiger partial charge in [-0.3, -0.25) is 9.59 Å². The van der Waals surface area contributed by atoms with E-state index in [2.05, 4.69) is 107 Å². The van der Waals surface area contributed by atoms with Gasteiger partial charge in [0.25, 0.3) is 0 Å². The second kappa shape index (κ2) is 11.4. The van der Waals surface area contributed by atoms with Crippen molar-refractivity contribution in [1.29, 1.82) is 0 Å². The van der Waals surface area contributed by atoms with Gasteiger partial charge in [-0.1, -0.05) is 103 Å². The fourth-order valence-electron chi connectivity index (χ4n) is 10.8. The second-order valence-electron chi connectivity index (χ2n) is 18.6. The summed E-state index contributed by atoms with van der Waals surface area (Å²) in [7, 11) is 0. The molecule has 0 spiro atoms. The van der Waals surface area contributed by atoms with Crippen LogP contribution in [0.5, 0.6) is 0 Å². The first-order valence-corrected chi connectivity index (χ1v) is 18.7. The largest absolute Gasteiger partial charge is 0.504 e. The van der Waals surface area contributed by atoms with Crippen molar-refractivity contribution >= 4 is 11.7 Å². The van der Waals surface area contributed by atoms with Crippen LogP contribution in [-0.4, -0.2) is 31.8 Å². The molecule has 1 amide bonds. The molecule has 5 aliphatic rings. The van der Waals surface area contributed by atoms with Crippen LogP contribution in [0.15, 0.2) is 76.7 Å². The van der Waals surface area contributed by atoms with Crippen molar-refractivity contribution in [2.45, 2.75) is 126 Å². The Bertz CT molecular complexity index is 1890. The summed E-state index contributed by atoms with van der Waals surface area (Å²) in [6.07, 6.45) is 15.1. The van der Waals surface area contributed by atoms with E-state index in [-0.39, 0.29) is 44.5 Å². The number of hydrogen-bond donors (Lipinski definition) is 2. The van der Waals surface area contributed by atoms with Crippen molar-refractivity contribution in [2.24, 2.45) is 33.0 Å². The van der Waals surface area contributed by atoms with E-state index in [4.69, 9.17) is 0 Å². The summed E-state index contributed by atoms with van der Waals surface area (Å²) in [5.41, 5.74) is 6.89. The molecule has 0 saturated heterocycles. The summed E-state index contributed by atoms with van der Waals surface area (Å²) in [6.45, 7) is 21.5. The fourth-order valence-corrected chi connectivity index (χ4v) is 10.8. The minimum absolute atomic E-state index is 0.00131. The third-order valence-corrected chi connectivity index (χ3v) is 14.6. The van der Waals surface area contributed by atoms with E-state index in [1.807, 2.05) is 17.8 Å². The minimum atomic E-state index is -0.469. The highest BCUT2D eigenvalue weighted by Crippen LogP contribution is 2.75. The van der Waals surface area contributed by atoms with Gasteiger partial charge in [-0.2, -0.15) is 0 Å². The van der Waals surface area contributed by atoms with E-state index >= 15 is 0 Å². The highest BCUT2D eigenvalue weighted by molar-refractivity contribution is 6.06. The van der Waals surface area contributed by atoms with Crippen molar-refractivity contribution in [2.75, 3.05) is 0 Å². The Morgan fingerprint density at radius 3 is 2.38 bits per heavy atom. The van der Waals surface area contributed by atoms with Gasteiger partial charge in [-0.15, -0.1) is 5.10 Å². The van der Waals surface area contributed by atoms with Crippen LogP contribution in [0.2, 0.25) is 0 Å². The van der Waals surface area contributed by atoms with E-state index in [1.165, 1.54) is 16.7 Å². The summed E-state index contributed by atoms with van der Waals surface area (Å²) in [5, 5.41) is 22.5. The molecule has 7 nitrogen and oxygen atoms in total. The number of aliphatic hydroxyl groups is 1. The average molecular weight is 677 g/mol. The number of nitrogens with zero attached hydrogens (tertiary/aromatic N) is 3. The van der Waals surface area contributed by atoms with Crippen LogP contribution in [0.25, 0.3) is 0 Å². The zero-order valence-corrected chi connectivity index (χ0v) is 31.7. The summed E-state index contributed by atoms with van der Waals surface area (Å²) < 4.78 is 1.85. The first-order chi connectivity index (χ1) is 23.3. The zero-order chi connectivity index (χ0) is 36.1. The monoisotopic (exact) mass is 676 g/mol. The number of allylic oxidation sites excluding steroid dienone is 7. The number of benzene rings is 1. The fraction of sp³-hybridized carbons (Fsp3) is 0.581. The van der Waals surface area contributed by atoms with Crippen molar-refractivity contribution in [3.05, 3.63) is 93.6 Å². The van der Waals surface area contributed by atoms with Gasteiger partial charge >= 0.3 is 0 Å². The zero-order valence-electron chi connectivity index (χ0n) is 31.7. The van der Waals surface area contributed by atoms with Crippen LogP contribution in [0, 0.1) is 33.0 Å². The van der Waals surface area contributed by atoms with E-state index in [0.717, 1.165) is 61.8 Å². The molecule has 2 N–H and O–H groups in total. The molecular formula is C43H56N4O3. The lowest BCUT2D eigenvalue weighted by Crippen LogP contribution is -2.62. The lowest BCUT2D eigenvalue weighted by atomic mass is 9.34. The Kier molecular flexibility index (Phi) is 7.90. The predicted molar refractivity (Wildman–Crippen MR) is 197 cm³/mol. The molecule has 7 rings (SSSR count). The average Bonchev–Trinajstić information content (AvgIpc) is 3.51. The maximum absolute atomic E-state index is 14.1. The van der Waals surface area contributed by atoms with Crippen molar-refractivity contribution < 1.29 is 14.7 Å². The molecule has 1 aromatic heterocycles. The number of nitrogens with one attached hydrogen (secondary N) is 1. The number of aromatic nitrogens is 3. The molecule has 6 atom stereocenters. The summed E-state index contributed by atoms with van der Waals surface area (Å²) in [5.74, 6) is 0.0782. The number of carbonyl (C=O) groups is 2. The molecule has 0 radical (unpaired) electrons. The molecule has 5 aliphatic carbocycles. The normalized spacial score (nSPS) is 35.2. The van der Waals surface area contributed by atoms with Crippen LogP contribution < -0.4 is 5.32 Å². The van der Waals surface area contributed by atoms with Crippen molar-refractivity contribution in [3.63, 3.8) is 0 Å². The summed E-state index contributed by atoms with van der Waals surface area (Å²) >= 11 is 0.